The van der Waals surface area contributed by atoms with Crippen LogP contribution >= 0.6 is 0 Å². The fourth-order valence-electron chi connectivity index (χ4n) is 4.67. The highest BCUT2D eigenvalue weighted by molar-refractivity contribution is 5.95. The fourth-order valence-corrected chi connectivity index (χ4v) is 4.67. The number of carbonyl (C=O) groups is 1. The standard InChI is InChI=1S/C23H25F2N5O2/c1-22(2,3)21-27-19(28-32-21)14-4-6-15(7-5-14)20(31)29-12-23(13-29)10-16(11-23)30-17(18(24)25)8-9-26-30/h4-9,16,18H,10-13H2,1-3H3. The molecule has 3 aromatic rings. The summed E-state index contributed by atoms with van der Waals surface area (Å²) in [7, 11) is 0. The van der Waals surface area contributed by atoms with Crippen LogP contribution in [-0.4, -0.2) is 43.8 Å². The van der Waals surface area contributed by atoms with Crippen LogP contribution in [0.3, 0.4) is 0 Å². The van der Waals surface area contributed by atoms with Crippen molar-refractivity contribution >= 4 is 5.91 Å². The van der Waals surface area contributed by atoms with E-state index in [9.17, 15) is 13.6 Å². The van der Waals surface area contributed by atoms with Crippen molar-refractivity contribution in [2.24, 2.45) is 5.41 Å². The molecule has 32 heavy (non-hydrogen) atoms. The molecule has 9 heteroatoms. The topological polar surface area (TPSA) is 77.1 Å². The molecule has 0 N–H and O–H groups in total. The zero-order valence-electron chi connectivity index (χ0n) is 18.3. The first-order valence-corrected chi connectivity index (χ1v) is 10.7. The summed E-state index contributed by atoms with van der Waals surface area (Å²) >= 11 is 0. The highest BCUT2D eigenvalue weighted by Gasteiger charge is 2.54. The summed E-state index contributed by atoms with van der Waals surface area (Å²) in [5.41, 5.74) is 1.16. The Balaban J connectivity index is 1.19. The molecule has 1 aliphatic heterocycles. The Labute approximate surface area is 184 Å². The Kier molecular flexibility index (Phi) is 4.69. The first-order valence-electron chi connectivity index (χ1n) is 10.7. The van der Waals surface area contributed by atoms with Crippen LogP contribution < -0.4 is 0 Å². The van der Waals surface area contributed by atoms with Gasteiger partial charge in [0.05, 0.1) is 6.04 Å². The zero-order valence-corrected chi connectivity index (χ0v) is 18.3. The number of benzene rings is 1. The van der Waals surface area contributed by atoms with E-state index in [1.54, 1.807) is 12.1 Å². The summed E-state index contributed by atoms with van der Waals surface area (Å²) in [4.78, 5) is 19.1. The van der Waals surface area contributed by atoms with E-state index in [1.807, 2.05) is 37.8 Å². The van der Waals surface area contributed by atoms with E-state index in [1.165, 1.54) is 16.9 Å². The monoisotopic (exact) mass is 441 g/mol. The van der Waals surface area contributed by atoms with Gasteiger partial charge in [0.15, 0.2) is 0 Å². The van der Waals surface area contributed by atoms with Crippen LogP contribution in [0, 0.1) is 5.41 Å². The van der Waals surface area contributed by atoms with Gasteiger partial charge in [-0.05, 0) is 31.0 Å². The molecule has 2 aliphatic rings. The van der Waals surface area contributed by atoms with Crippen molar-refractivity contribution in [3.8, 4) is 11.4 Å². The normalized spacial score (nSPS) is 18.1. The molecule has 0 bridgehead atoms. The quantitative estimate of drug-likeness (QED) is 0.589. The lowest BCUT2D eigenvalue weighted by molar-refractivity contribution is -0.0759. The molecule has 3 heterocycles. The molecule has 1 amide bonds. The highest BCUT2D eigenvalue weighted by Crippen LogP contribution is 2.54. The van der Waals surface area contributed by atoms with E-state index in [2.05, 4.69) is 15.2 Å². The van der Waals surface area contributed by atoms with Crippen molar-refractivity contribution in [2.75, 3.05) is 13.1 Å². The molecule has 1 aliphatic carbocycles. The van der Waals surface area contributed by atoms with Crippen molar-refractivity contribution < 1.29 is 18.1 Å². The third-order valence-electron chi connectivity index (χ3n) is 6.41. The Morgan fingerprint density at radius 1 is 1.16 bits per heavy atom. The van der Waals surface area contributed by atoms with Crippen molar-refractivity contribution in [2.45, 2.75) is 51.5 Å². The second kappa shape index (κ2) is 7.21. The predicted octanol–water partition coefficient (Wildman–Crippen LogP) is 4.65. The first kappa shape index (κ1) is 20.8. The van der Waals surface area contributed by atoms with Gasteiger partial charge in [-0.2, -0.15) is 10.1 Å². The SMILES string of the molecule is CC(C)(C)c1nc(-c2ccc(C(=O)N3CC4(CC(n5nccc5C(F)F)C4)C3)cc2)no1. The van der Waals surface area contributed by atoms with Crippen molar-refractivity contribution in [3.05, 3.63) is 53.7 Å². The third-order valence-corrected chi connectivity index (χ3v) is 6.41. The molecule has 2 aromatic heterocycles. The van der Waals surface area contributed by atoms with Crippen LogP contribution in [0.4, 0.5) is 8.78 Å². The molecule has 1 saturated heterocycles. The minimum absolute atomic E-state index is 0.0153. The summed E-state index contributed by atoms with van der Waals surface area (Å²) in [6.07, 6.45) is 0.436. The van der Waals surface area contributed by atoms with Crippen molar-refractivity contribution in [1.82, 2.24) is 24.8 Å². The lowest BCUT2D eigenvalue weighted by Crippen LogP contribution is -2.63. The second-order valence-corrected chi connectivity index (χ2v) is 9.98. The van der Waals surface area contributed by atoms with Gasteiger partial charge < -0.3 is 9.42 Å². The Morgan fingerprint density at radius 2 is 1.84 bits per heavy atom. The number of hydrogen-bond acceptors (Lipinski definition) is 5. The van der Waals surface area contributed by atoms with Crippen LogP contribution in [0.2, 0.25) is 0 Å². The average molecular weight is 441 g/mol. The number of halogens is 2. The Morgan fingerprint density at radius 3 is 2.44 bits per heavy atom. The average Bonchev–Trinajstić information content (AvgIpc) is 3.35. The summed E-state index contributed by atoms with van der Waals surface area (Å²) in [5.74, 6) is 1.04. The molecule has 5 rings (SSSR count). The number of alkyl halides is 2. The zero-order chi connectivity index (χ0) is 22.7. The number of rotatable bonds is 4. The molecule has 168 valence electrons. The van der Waals surface area contributed by atoms with Gasteiger partial charge in [0, 0.05) is 41.2 Å². The van der Waals surface area contributed by atoms with Crippen molar-refractivity contribution in [3.63, 3.8) is 0 Å². The molecular weight excluding hydrogens is 416 g/mol. The number of amides is 1. The van der Waals surface area contributed by atoms with E-state index in [0.29, 0.717) is 30.4 Å². The van der Waals surface area contributed by atoms with Crippen LogP contribution in [-0.2, 0) is 5.41 Å². The Hall–Kier alpha value is -3.10. The van der Waals surface area contributed by atoms with Crippen LogP contribution in [0.5, 0.6) is 0 Å². The maximum atomic E-state index is 13.1. The molecule has 1 spiro atoms. The van der Waals surface area contributed by atoms with Crippen LogP contribution in [0.15, 0.2) is 41.1 Å². The summed E-state index contributed by atoms with van der Waals surface area (Å²) in [6, 6.07) is 8.55. The van der Waals surface area contributed by atoms with Gasteiger partial charge in [0.1, 0.15) is 5.69 Å². The van der Waals surface area contributed by atoms with Crippen LogP contribution in [0.25, 0.3) is 11.4 Å². The number of carbonyl (C=O) groups excluding carboxylic acids is 1. The Bertz CT molecular complexity index is 1130. The van der Waals surface area contributed by atoms with Gasteiger partial charge in [0.2, 0.25) is 11.7 Å². The molecule has 7 nitrogen and oxygen atoms in total. The summed E-state index contributed by atoms with van der Waals surface area (Å²) in [5, 5.41) is 8.11. The molecular formula is C23H25F2N5O2. The molecule has 2 fully saturated rings. The van der Waals surface area contributed by atoms with Crippen LogP contribution in [0.1, 0.15) is 68.0 Å². The predicted molar refractivity (Wildman–Crippen MR) is 112 cm³/mol. The van der Waals surface area contributed by atoms with Gasteiger partial charge in [-0.1, -0.05) is 38.1 Å². The molecule has 0 radical (unpaired) electrons. The molecule has 0 atom stereocenters. The maximum absolute atomic E-state index is 13.1. The van der Waals surface area contributed by atoms with E-state index in [4.69, 9.17) is 4.52 Å². The summed E-state index contributed by atoms with van der Waals surface area (Å²) in [6.45, 7) is 7.30. The van der Waals surface area contributed by atoms with E-state index < -0.39 is 6.43 Å². The highest BCUT2D eigenvalue weighted by atomic mass is 19.3. The number of likely N-dealkylation sites (tertiary alicyclic amines) is 1. The molecule has 1 saturated carbocycles. The molecule has 0 unspecified atom stereocenters. The van der Waals surface area contributed by atoms with E-state index >= 15 is 0 Å². The first-order chi connectivity index (χ1) is 15.2. The minimum atomic E-state index is -2.52. The smallest absolute Gasteiger partial charge is 0.280 e. The van der Waals surface area contributed by atoms with Gasteiger partial charge >= 0.3 is 0 Å². The maximum Gasteiger partial charge on any atom is 0.280 e. The second-order valence-electron chi connectivity index (χ2n) is 9.98. The van der Waals surface area contributed by atoms with Gasteiger partial charge in [-0.3, -0.25) is 9.48 Å². The number of nitrogens with zero attached hydrogens (tertiary/aromatic N) is 5. The number of hydrogen-bond donors (Lipinski definition) is 0. The summed E-state index contributed by atoms with van der Waals surface area (Å²) < 4.78 is 33.0. The van der Waals surface area contributed by atoms with Gasteiger partial charge in [-0.25, -0.2) is 8.78 Å². The van der Waals surface area contributed by atoms with Crippen molar-refractivity contribution in [1.29, 1.82) is 0 Å². The van der Waals surface area contributed by atoms with E-state index in [-0.39, 0.29) is 28.5 Å². The minimum Gasteiger partial charge on any atom is -0.338 e. The van der Waals surface area contributed by atoms with Gasteiger partial charge in [-0.15, -0.1) is 0 Å². The third kappa shape index (κ3) is 3.49. The van der Waals surface area contributed by atoms with Gasteiger partial charge in [0.25, 0.3) is 12.3 Å². The lowest BCUT2D eigenvalue weighted by Gasteiger charge is -2.59. The lowest BCUT2D eigenvalue weighted by atomic mass is 9.60. The molecule has 1 aromatic carbocycles. The fraction of sp³-hybridized carbons (Fsp3) is 0.478. The largest absolute Gasteiger partial charge is 0.338 e. The van der Waals surface area contributed by atoms with E-state index in [0.717, 1.165) is 18.4 Å². The number of aromatic nitrogens is 4.